The van der Waals surface area contributed by atoms with Gasteiger partial charge in [-0.1, -0.05) is 30.2 Å². The Morgan fingerprint density at radius 1 is 1.58 bits per heavy atom. The van der Waals surface area contributed by atoms with Crippen LogP contribution >= 0.6 is 11.3 Å². The van der Waals surface area contributed by atoms with Gasteiger partial charge in [-0.2, -0.15) is 4.99 Å². The predicted molar refractivity (Wildman–Crippen MR) is 74.1 cm³/mol. The monoisotopic (exact) mass is 276 g/mol. The summed E-state index contributed by atoms with van der Waals surface area (Å²) >= 11 is 1.27. The average Bonchev–Trinajstić information content (AvgIpc) is 2.69. The van der Waals surface area contributed by atoms with Crippen molar-refractivity contribution in [1.82, 2.24) is 4.57 Å². The lowest BCUT2D eigenvalue weighted by molar-refractivity contribution is -0.118. The first-order valence-corrected chi connectivity index (χ1v) is 6.78. The van der Waals surface area contributed by atoms with Crippen LogP contribution in [0.5, 0.6) is 0 Å². The third-order valence-corrected chi connectivity index (χ3v) is 3.63. The molecule has 0 aliphatic heterocycles. The average molecular weight is 276 g/mol. The van der Waals surface area contributed by atoms with Crippen LogP contribution in [-0.2, 0) is 11.3 Å². The van der Waals surface area contributed by atoms with Crippen LogP contribution in [0.25, 0.3) is 10.2 Å². The highest BCUT2D eigenvalue weighted by Gasteiger charge is 2.10. The van der Waals surface area contributed by atoms with Crippen molar-refractivity contribution in [3.05, 3.63) is 28.8 Å². The lowest BCUT2D eigenvalue weighted by atomic mass is 10.3. The minimum atomic E-state index is -0.353. The number of carbonyl (C=O) groups excluding carboxylic acids is 1. The number of benzene rings is 1. The van der Waals surface area contributed by atoms with Gasteiger partial charge in [0.25, 0.3) is 0 Å². The predicted octanol–water partition coefficient (Wildman–Crippen LogP) is 2.70. The number of hydrogen-bond acceptors (Lipinski definition) is 2. The zero-order valence-corrected chi connectivity index (χ0v) is 11.3. The van der Waals surface area contributed by atoms with Crippen molar-refractivity contribution < 1.29 is 9.18 Å². The van der Waals surface area contributed by atoms with E-state index in [0.29, 0.717) is 16.7 Å². The van der Waals surface area contributed by atoms with E-state index < -0.39 is 0 Å². The SMILES string of the molecule is C#CCn1c(=NC(=O)CCC)sc2cccc(F)c21. The molecule has 1 aromatic carbocycles. The number of nitrogens with zero attached hydrogens (tertiary/aromatic N) is 2. The molecule has 0 N–H and O–H groups in total. The molecule has 1 aromatic heterocycles. The second kappa shape index (κ2) is 5.81. The molecule has 98 valence electrons. The molecule has 2 aromatic rings. The van der Waals surface area contributed by atoms with Gasteiger partial charge >= 0.3 is 0 Å². The number of amides is 1. The zero-order chi connectivity index (χ0) is 13.8. The number of aromatic nitrogens is 1. The quantitative estimate of drug-likeness (QED) is 0.794. The molecule has 0 saturated carbocycles. The van der Waals surface area contributed by atoms with E-state index in [1.165, 1.54) is 17.4 Å². The van der Waals surface area contributed by atoms with Crippen molar-refractivity contribution in [3.63, 3.8) is 0 Å². The number of para-hydroxylation sites is 1. The summed E-state index contributed by atoms with van der Waals surface area (Å²) < 4.78 is 16.2. The lowest BCUT2D eigenvalue weighted by Crippen LogP contribution is -2.16. The topological polar surface area (TPSA) is 34.4 Å². The molecule has 0 aliphatic carbocycles. The van der Waals surface area contributed by atoms with Gasteiger partial charge in [0.05, 0.1) is 16.8 Å². The van der Waals surface area contributed by atoms with Gasteiger partial charge in [-0.15, -0.1) is 6.42 Å². The van der Waals surface area contributed by atoms with Crippen LogP contribution in [0.15, 0.2) is 23.2 Å². The Bertz CT molecular complexity index is 721. The first kappa shape index (κ1) is 13.5. The fraction of sp³-hybridized carbons (Fsp3) is 0.286. The molecule has 0 atom stereocenters. The number of fused-ring (bicyclic) bond motifs is 1. The summed E-state index contributed by atoms with van der Waals surface area (Å²) in [5, 5.41) is 0. The minimum absolute atomic E-state index is 0.194. The molecule has 0 saturated heterocycles. The van der Waals surface area contributed by atoms with E-state index in [0.717, 1.165) is 11.1 Å². The third kappa shape index (κ3) is 2.74. The molecule has 2 rings (SSSR count). The number of carbonyl (C=O) groups is 1. The largest absolute Gasteiger partial charge is 0.302 e. The molecule has 0 bridgehead atoms. The Balaban J connectivity index is 2.68. The van der Waals surface area contributed by atoms with Gasteiger partial charge in [0, 0.05) is 6.42 Å². The van der Waals surface area contributed by atoms with Crippen LogP contribution in [0.3, 0.4) is 0 Å². The molecule has 0 aliphatic rings. The second-order valence-corrected chi connectivity index (χ2v) is 5.03. The molecule has 1 amide bonds. The standard InChI is InChI=1S/C14H13FN2OS/c1-3-6-12(18)16-14-17(9-4-2)13-10(15)7-5-8-11(13)19-14/h2,5,7-8H,3,6,9H2,1H3. The fourth-order valence-corrected chi connectivity index (χ4v) is 2.85. The highest BCUT2D eigenvalue weighted by Crippen LogP contribution is 2.20. The van der Waals surface area contributed by atoms with Gasteiger partial charge < -0.3 is 4.57 Å². The Morgan fingerprint density at radius 2 is 2.37 bits per heavy atom. The van der Waals surface area contributed by atoms with Crippen LogP contribution in [-0.4, -0.2) is 10.5 Å². The number of halogens is 1. The summed E-state index contributed by atoms with van der Waals surface area (Å²) in [7, 11) is 0. The summed E-state index contributed by atoms with van der Waals surface area (Å²) in [6, 6.07) is 4.80. The van der Waals surface area contributed by atoms with Crippen LogP contribution in [0, 0.1) is 18.2 Å². The maximum absolute atomic E-state index is 13.9. The van der Waals surface area contributed by atoms with E-state index in [9.17, 15) is 9.18 Å². The number of hydrogen-bond donors (Lipinski definition) is 0. The van der Waals surface area contributed by atoms with Gasteiger partial charge in [0.15, 0.2) is 4.80 Å². The molecular formula is C14H13FN2OS. The van der Waals surface area contributed by atoms with E-state index in [-0.39, 0.29) is 18.3 Å². The minimum Gasteiger partial charge on any atom is -0.302 e. The molecular weight excluding hydrogens is 263 g/mol. The van der Waals surface area contributed by atoms with Gasteiger partial charge in [0.2, 0.25) is 5.91 Å². The summed E-state index contributed by atoms with van der Waals surface area (Å²) in [5.41, 5.74) is 0.411. The van der Waals surface area contributed by atoms with Crippen molar-refractivity contribution >= 4 is 27.5 Å². The Kier molecular flexibility index (Phi) is 4.13. The van der Waals surface area contributed by atoms with E-state index >= 15 is 0 Å². The molecule has 0 unspecified atom stereocenters. The van der Waals surface area contributed by atoms with Gasteiger partial charge in [-0.3, -0.25) is 4.79 Å². The van der Waals surface area contributed by atoms with Crippen molar-refractivity contribution in [2.75, 3.05) is 0 Å². The van der Waals surface area contributed by atoms with Crippen LogP contribution in [0.1, 0.15) is 19.8 Å². The maximum Gasteiger partial charge on any atom is 0.248 e. The first-order valence-electron chi connectivity index (χ1n) is 5.96. The third-order valence-electron chi connectivity index (χ3n) is 2.59. The van der Waals surface area contributed by atoms with Gasteiger partial charge in [0.1, 0.15) is 5.82 Å². The van der Waals surface area contributed by atoms with E-state index in [4.69, 9.17) is 6.42 Å². The maximum atomic E-state index is 13.9. The number of rotatable bonds is 3. The van der Waals surface area contributed by atoms with Gasteiger partial charge in [-0.05, 0) is 18.6 Å². The van der Waals surface area contributed by atoms with Crippen molar-refractivity contribution in [2.45, 2.75) is 26.3 Å². The fourth-order valence-electron chi connectivity index (χ4n) is 1.79. The van der Waals surface area contributed by atoms with Crippen LogP contribution < -0.4 is 4.80 Å². The first-order chi connectivity index (χ1) is 9.17. The van der Waals surface area contributed by atoms with E-state index in [1.54, 1.807) is 16.7 Å². The molecule has 5 heteroatoms. The summed E-state index contributed by atoms with van der Waals surface area (Å²) in [5.74, 6) is 1.91. The summed E-state index contributed by atoms with van der Waals surface area (Å²) in [6.45, 7) is 2.10. The highest BCUT2D eigenvalue weighted by atomic mass is 32.1. The van der Waals surface area contributed by atoms with Crippen molar-refractivity contribution in [1.29, 1.82) is 0 Å². The van der Waals surface area contributed by atoms with Crippen LogP contribution in [0.2, 0.25) is 0 Å². The Labute approximate surface area is 114 Å². The second-order valence-electron chi connectivity index (χ2n) is 4.02. The Hall–Kier alpha value is -1.93. The highest BCUT2D eigenvalue weighted by molar-refractivity contribution is 7.16. The summed E-state index contributed by atoms with van der Waals surface area (Å²) in [6.07, 6.45) is 6.42. The van der Waals surface area contributed by atoms with E-state index in [1.807, 2.05) is 6.92 Å². The Morgan fingerprint density at radius 3 is 3.05 bits per heavy atom. The van der Waals surface area contributed by atoms with E-state index in [2.05, 4.69) is 10.9 Å². The van der Waals surface area contributed by atoms with Crippen LogP contribution in [0.4, 0.5) is 4.39 Å². The number of thiazole rings is 1. The van der Waals surface area contributed by atoms with Crippen molar-refractivity contribution in [3.8, 4) is 12.3 Å². The smallest absolute Gasteiger partial charge is 0.248 e. The molecule has 19 heavy (non-hydrogen) atoms. The number of terminal acetylenes is 1. The molecule has 0 radical (unpaired) electrons. The molecule has 0 fully saturated rings. The zero-order valence-electron chi connectivity index (χ0n) is 10.5. The molecule has 0 spiro atoms. The molecule has 3 nitrogen and oxygen atoms in total. The molecule has 1 heterocycles. The summed E-state index contributed by atoms with van der Waals surface area (Å²) in [4.78, 5) is 16.1. The lowest BCUT2D eigenvalue weighted by Gasteiger charge is -2.00. The van der Waals surface area contributed by atoms with Crippen molar-refractivity contribution in [2.24, 2.45) is 4.99 Å². The van der Waals surface area contributed by atoms with Gasteiger partial charge in [-0.25, -0.2) is 4.39 Å². The normalized spacial score (nSPS) is 11.7.